The van der Waals surface area contributed by atoms with E-state index in [1.165, 1.54) is 17.0 Å². The van der Waals surface area contributed by atoms with E-state index in [1.54, 1.807) is 0 Å². The van der Waals surface area contributed by atoms with Gasteiger partial charge in [0.15, 0.2) is 0 Å². The monoisotopic (exact) mass is 208 g/mol. The Kier molecular flexibility index (Phi) is 4.64. The topological polar surface area (TPSA) is 9.23 Å². The fraction of sp³-hybridized carbons (Fsp3) is 0.333. The molecule has 78 valence electrons. The van der Waals surface area contributed by atoms with Crippen LogP contribution in [0.2, 0.25) is 0 Å². The van der Waals surface area contributed by atoms with Crippen LogP contribution in [0.3, 0.4) is 0 Å². The zero-order valence-corrected chi connectivity index (χ0v) is 10.7. The predicted octanol–water partition coefficient (Wildman–Crippen LogP) is 3.83. The molecule has 1 nitrogen and oxygen atoms in total. The lowest BCUT2D eigenvalue weighted by molar-refractivity contribution is 0.489. The van der Waals surface area contributed by atoms with Crippen molar-refractivity contribution in [3.05, 3.63) is 47.7 Å². The lowest BCUT2D eigenvalue weighted by atomic mass is 10.3. The number of hydrogen-bond donors (Lipinski definition) is 0. The molecule has 0 heterocycles. The van der Waals surface area contributed by atoms with Gasteiger partial charge in [-0.05, 0) is 38.1 Å². The minimum absolute atomic E-state index is 1.05. The van der Waals surface area contributed by atoms with E-state index in [2.05, 4.69) is 40.5 Å². The van der Waals surface area contributed by atoms with E-state index >= 15 is 0 Å². The second-order valence-corrected chi connectivity index (χ2v) is 7.35. The van der Waals surface area contributed by atoms with Crippen molar-refractivity contribution in [2.45, 2.75) is 27.7 Å². The second kappa shape index (κ2) is 5.01. The Morgan fingerprint density at radius 1 is 1.14 bits per heavy atom. The van der Waals surface area contributed by atoms with Crippen LogP contribution in [0.5, 0.6) is 0 Å². The molecular formula is C12H20OSi. The molecule has 14 heavy (non-hydrogen) atoms. The molecule has 0 aliphatic heterocycles. The molecule has 0 radical (unpaired) electrons. The largest absolute Gasteiger partial charge is 0.538 e. The summed E-state index contributed by atoms with van der Waals surface area (Å²) in [5.41, 5.74) is 3.17. The van der Waals surface area contributed by atoms with Gasteiger partial charge < -0.3 is 4.43 Å². The highest BCUT2D eigenvalue weighted by Gasteiger charge is 2.36. The first-order chi connectivity index (χ1) is 6.42. The summed E-state index contributed by atoms with van der Waals surface area (Å²) < 4.78 is 5.69. The molecule has 0 saturated heterocycles. The summed E-state index contributed by atoms with van der Waals surface area (Å²) in [5.74, 6) is 0. The van der Waals surface area contributed by atoms with Crippen LogP contribution in [0.4, 0.5) is 0 Å². The molecule has 0 aromatic heterocycles. The number of hydrogen-bond acceptors (Lipinski definition) is 1. The van der Waals surface area contributed by atoms with Gasteiger partial charge in [-0.1, -0.05) is 17.9 Å². The van der Waals surface area contributed by atoms with Crippen molar-refractivity contribution in [2.24, 2.45) is 0 Å². The third-order valence-electron chi connectivity index (χ3n) is 2.50. The number of rotatable bonds is 5. The highest BCUT2D eigenvalue weighted by molar-refractivity contribution is 6.91. The van der Waals surface area contributed by atoms with E-state index in [0.717, 1.165) is 5.20 Å². The molecule has 1 atom stereocenters. The highest BCUT2D eigenvalue weighted by atomic mass is 28.4. The van der Waals surface area contributed by atoms with Crippen molar-refractivity contribution in [2.75, 3.05) is 0 Å². The Morgan fingerprint density at radius 2 is 1.64 bits per heavy atom. The van der Waals surface area contributed by atoms with Gasteiger partial charge in [-0.3, -0.25) is 0 Å². The second-order valence-electron chi connectivity index (χ2n) is 3.63. The van der Waals surface area contributed by atoms with Crippen molar-refractivity contribution in [1.29, 1.82) is 0 Å². The Bertz CT molecular complexity index is 285. The van der Waals surface area contributed by atoms with Crippen molar-refractivity contribution in [1.82, 2.24) is 0 Å². The first-order valence-electron chi connectivity index (χ1n) is 4.65. The Labute approximate surface area is 88.6 Å². The zero-order valence-electron chi connectivity index (χ0n) is 9.68. The van der Waals surface area contributed by atoms with Crippen LogP contribution in [-0.4, -0.2) is 8.32 Å². The maximum Gasteiger partial charge on any atom is 0.329 e. The Morgan fingerprint density at radius 3 is 1.86 bits per heavy atom. The number of allylic oxidation sites excluding steroid dienone is 3. The van der Waals surface area contributed by atoms with Gasteiger partial charge in [-0.25, -0.2) is 0 Å². The molecule has 0 amide bonds. The van der Waals surface area contributed by atoms with Crippen LogP contribution in [0.25, 0.3) is 0 Å². The fourth-order valence-electron chi connectivity index (χ4n) is 1.39. The van der Waals surface area contributed by atoms with Gasteiger partial charge in [0.25, 0.3) is 0 Å². The minimum atomic E-state index is -2.18. The van der Waals surface area contributed by atoms with Gasteiger partial charge in [-0.15, -0.1) is 13.2 Å². The summed E-state index contributed by atoms with van der Waals surface area (Å²) in [6, 6.07) is 0. The van der Waals surface area contributed by atoms with E-state index in [-0.39, 0.29) is 0 Å². The van der Waals surface area contributed by atoms with Crippen molar-refractivity contribution in [3.8, 4) is 0 Å². The van der Waals surface area contributed by atoms with Gasteiger partial charge >= 0.3 is 8.32 Å². The van der Waals surface area contributed by atoms with E-state index in [1.807, 2.05) is 12.6 Å². The van der Waals surface area contributed by atoms with Crippen molar-refractivity contribution < 1.29 is 4.43 Å². The molecule has 0 N–H and O–H groups in total. The standard InChI is InChI=1S/C12H20OSi/c1-8-13-14(9-2,11(5)6)12(7)10(3)4/h8-9H,1-2,5H2,3-4,6-7H3. The first-order valence-corrected chi connectivity index (χ1v) is 6.63. The average Bonchev–Trinajstić information content (AvgIpc) is 2.12. The molecule has 0 spiro atoms. The molecule has 0 saturated carbocycles. The minimum Gasteiger partial charge on any atom is -0.538 e. The molecule has 0 aromatic rings. The molecule has 0 aliphatic carbocycles. The normalized spacial score (nSPS) is 13.7. The molecule has 0 bridgehead atoms. The molecule has 0 aromatic carbocycles. The van der Waals surface area contributed by atoms with E-state index in [9.17, 15) is 0 Å². The zero-order chi connectivity index (χ0) is 11.4. The van der Waals surface area contributed by atoms with Gasteiger partial charge in [-0.2, -0.15) is 0 Å². The van der Waals surface area contributed by atoms with Crippen LogP contribution in [-0.2, 0) is 4.43 Å². The van der Waals surface area contributed by atoms with Crippen LogP contribution in [0, 0.1) is 0 Å². The third kappa shape index (κ3) is 2.26. The molecule has 1 unspecified atom stereocenters. The molecular weight excluding hydrogens is 188 g/mol. The quantitative estimate of drug-likeness (QED) is 0.493. The summed E-state index contributed by atoms with van der Waals surface area (Å²) in [7, 11) is -2.18. The predicted molar refractivity (Wildman–Crippen MR) is 66.1 cm³/mol. The SMILES string of the molecule is C=CO[Si](C=C)(C(=C)C)C(C)=C(C)C. The van der Waals surface area contributed by atoms with E-state index < -0.39 is 8.32 Å². The molecule has 0 aliphatic rings. The van der Waals surface area contributed by atoms with Gasteiger partial charge in [0.2, 0.25) is 0 Å². The van der Waals surface area contributed by atoms with Gasteiger partial charge in [0.05, 0.1) is 6.26 Å². The van der Waals surface area contributed by atoms with Gasteiger partial charge in [0, 0.05) is 0 Å². The molecule has 0 rings (SSSR count). The highest BCUT2D eigenvalue weighted by Crippen LogP contribution is 2.27. The summed E-state index contributed by atoms with van der Waals surface area (Å²) in [4.78, 5) is 0. The Hall–Kier alpha value is -1.02. The van der Waals surface area contributed by atoms with E-state index in [0.29, 0.717) is 0 Å². The fourth-order valence-corrected chi connectivity index (χ4v) is 4.16. The molecule has 0 fully saturated rings. The summed E-state index contributed by atoms with van der Waals surface area (Å²) in [6.07, 6.45) is 1.50. The smallest absolute Gasteiger partial charge is 0.329 e. The third-order valence-corrected chi connectivity index (χ3v) is 6.49. The van der Waals surface area contributed by atoms with Gasteiger partial charge in [0.1, 0.15) is 0 Å². The van der Waals surface area contributed by atoms with Crippen LogP contribution < -0.4 is 0 Å². The molecule has 2 heteroatoms. The average molecular weight is 208 g/mol. The van der Waals surface area contributed by atoms with E-state index in [4.69, 9.17) is 4.43 Å². The summed E-state index contributed by atoms with van der Waals surface area (Å²) in [6.45, 7) is 19.7. The van der Waals surface area contributed by atoms with Crippen molar-refractivity contribution >= 4 is 8.32 Å². The lowest BCUT2D eigenvalue weighted by Gasteiger charge is -2.29. The summed E-state index contributed by atoms with van der Waals surface area (Å²) >= 11 is 0. The lowest BCUT2D eigenvalue weighted by Crippen LogP contribution is -2.39. The Balaban J connectivity index is 5.47. The maximum absolute atomic E-state index is 5.69. The van der Waals surface area contributed by atoms with Crippen LogP contribution in [0.15, 0.2) is 47.7 Å². The summed E-state index contributed by atoms with van der Waals surface area (Å²) in [5, 5.41) is 2.30. The maximum atomic E-state index is 5.69. The van der Waals surface area contributed by atoms with Crippen LogP contribution >= 0.6 is 0 Å². The van der Waals surface area contributed by atoms with Crippen molar-refractivity contribution in [3.63, 3.8) is 0 Å². The van der Waals surface area contributed by atoms with Crippen LogP contribution in [0.1, 0.15) is 27.7 Å². The first kappa shape index (κ1) is 13.0.